The van der Waals surface area contributed by atoms with Crippen molar-refractivity contribution < 1.29 is 38.5 Å². The first-order valence-corrected chi connectivity index (χ1v) is 9.24. The van der Waals surface area contributed by atoms with Crippen LogP contribution in [0.3, 0.4) is 0 Å². The molecule has 29 heavy (non-hydrogen) atoms. The number of carboxylic acids is 2. The van der Waals surface area contributed by atoms with Crippen molar-refractivity contribution in [2.45, 2.75) is 51.7 Å². The van der Waals surface area contributed by atoms with E-state index in [1.165, 1.54) is 0 Å². The lowest BCUT2D eigenvalue weighted by Crippen LogP contribution is -2.45. The van der Waals surface area contributed by atoms with Crippen molar-refractivity contribution in [3.8, 4) is 5.75 Å². The van der Waals surface area contributed by atoms with Gasteiger partial charge in [-0.3, -0.25) is 9.18 Å². The van der Waals surface area contributed by atoms with Gasteiger partial charge in [-0.05, 0) is 51.3 Å². The molecule has 8 nitrogen and oxygen atoms in total. The third-order valence-corrected chi connectivity index (χ3v) is 3.81. The summed E-state index contributed by atoms with van der Waals surface area (Å²) in [7, 11) is 0. The molecule has 0 heterocycles. The van der Waals surface area contributed by atoms with E-state index in [1.54, 1.807) is 45.0 Å². The molecule has 0 aliphatic rings. The number of carbonyl (C=O) groups is 3. The van der Waals surface area contributed by atoms with Crippen molar-refractivity contribution in [1.82, 2.24) is 5.32 Å². The van der Waals surface area contributed by atoms with E-state index < -0.39 is 42.3 Å². The normalized spacial score (nSPS) is 13.2. The molecule has 9 heteroatoms. The van der Waals surface area contributed by atoms with E-state index in [1.807, 2.05) is 0 Å². The number of amides is 1. The zero-order valence-corrected chi connectivity index (χ0v) is 16.8. The molecule has 1 rings (SSSR count). The van der Waals surface area contributed by atoms with Gasteiger partial charge < -0.3 is 25.0 Å². The molecule has 0 aromatic heterocycles. The van der Waals surface area contributed by atoms with E-state index in [2.05, 4.69) is 5.32 Å². The fraction of sp³-hybridized carbons (Fsp3) is 0.550. The number of hydrogen-bond donors (Lipinski definition) is 3. The second-order valence-corrected chi connectivity index (χ2v) is 7.55. The minimum absolute atomic E-state index is 0.0693. The minimum Gasteiger partial charge on any atom is -0.494 e. The Morgan fingerprint density at radius 1 is 1.10 bits per heavy atom. The van der Waals surface area contributed by atoms with Crippen LogP contribution in [0.1, 0.15) is 39.2 Å². The molecular formula is C20H28FNO7. The molecule has 2 atom stereocenters. The average molecular weight is 413 g/mol. The fourth-order valence-electron chi connectivity index (χ4n) is 2.48. The molecule has 0 bridgehead atoms. The Hall–Kier alpha value is -2.84. The van der Waals surface area contributed by atoms with Crippen molar-refractivity contribution >= 4 is 18.0 Å². The number of alkyl carbamates (subject to hydrolysis) is 1. The molecule has 0 fully saturated rings. The van der Waals surface area contributed by atoms with Crippen molar-refractivity contribution in [3.05, 3.63) is 29.8 Å². The van der Waals surface area contributed by atoms with Gasteiger partial charge in [-0.15, -0.1) is 0 Å². The number of carbonyl (C=O) groups excluding carboxylic acids is 1. The lowest BCUT2D eigenvalue weighted by Gasteiger charge is -2.23. The summed E-state index contributed by atoms with van der Waals surface area (Å²) in [6.07, 6.45) is -0.883. The summed E-state index contributed by atoms with van der Waals surface area (Å²) < 4.78 is 22.5. The smallest absolute Gasteiger partial charge is 0.408 e. The molecule has 0 unspecified atom stereocenters. The van der Waals surface area contributed by atoms with Crippen LogP contribution in [0.4, 0.5) is 9.18 Å². The van der Waals surface area contributed by atoms with Gasteiger partial charge in [0.1, 0.15) is 17.4 Å². The Labute approximate surface area is 169 Å². The number of carboxylic acid groups (broad SMARTS) is 2. The van der Waals surface area contributed by atoms with Crippen molar-refractivity contribution in [2.24, 2.45) is 5.92 Å². The summed E-state index contributed by atoms with van der Waals surface area (Å²) in [4.78, 5) is 34.9. The highest BCUT2D eigenvalue weighted by molar-refractivity contribution is 5.81. The van der Waals surface area contributed by atoms with E-state index in [4.69, 9.17) is 9.47 Å². The van der Waals surface area contributed by atoms with E-state index in [0.29, 0.717) is 11.3 Å². The van der Waals surface area contributed by atoms with Gasteiger partial charge in [-0.1, -0.05) is 12.1 Å². The highest BCUT2D eigenvalue weighted by Crippen LogP contribution is 2.19. The Morgan fingerprint density at radius 2 is 1.72 bits per heavy atom. The standard InChI is InChI=1S/C20H28FNO7/c1-20(2,3)29-19(27)22-16(18(25)26)12-14(17(23)24)11-13-5-7-15(8-6-13)28-10-4-9-21/h5-8,14,16H,4,9-12H2,1-3H3,(H,22,27)(H,23,24)(H,25,26)/t14-,16-/m1/s1. The summed E-state index contributed by atoms with van der Waals surface area (Å²) in [5.41, 5.74) is -0.149. The van der Waals surface area contributed by atoms with Gasteiger partial charge in [0.25, 0.3) is 0 Å². The van der Waals surface area contributed by atoms with Crippen LogP contribution < -0.4 is 10.1 Å². The zero-order valence-electron chi connectivity index (χ0n) is 16.8. The number of rotatable bonds is 11. The van der Waals surface area contributed by atoms with Crippen molar-refractivity contribution in [2.75, 3.05) is 13.3 Å². The lowest BCUT2D eigenvalue weighted by molar-refractivity contribution is -0.144. The Morgan fingerprint density at radius 3 is 2.21 bits per heavy atom. The second kappa shape index (κ2) is 11.2. The SMILES string of the molecule is CC(C)(C)OC(=O)N[C@H](C[C@@H](Cc1ccc(OCCCF)cc1)C(=O)O)C(=O)O. The number of halogens is 1. The van der Waals surface area contributed by atoms with E-state index >= 15 is 0 Å². The van der Waals surface area contributed by atoms with E-state index in [-0.39, 0.29) is 25.9 Å². The number of ether oxygens (including phenoxy) is 2. The molecule has 0 radical (unpaired) electrons. The molecule has 1 aromatic carbocycles. The van der Waals surface area contributed by atoms with Gasteiger partial charge >= 0.3 is 18.0 Å². The fourth-order valence-corrected chi connectivity index (χ4v) is 2.48. The summed E-state index contributed by atoms with van der Waals surface area (Å²) >= 11 is 0. The maximum atomic E-state index is 12.1. The van der Waals surface area contributed by atoms with E-state index in [0.717, 1.165) is 0 Å². The number of nitrogens with one attached hydrogen (secondary N) is 1. The van der Waals surface area contributed by atoms with Gasteiger partial charge in [0, 0.05) is 6.42 Å². The van der Waals surface area contributed by atoms with E-state index in [9.17, 15) is 29.0 Å². The van der Waals surface area contributed by atoms with Crippen LogP contribution in [-0.4, -0.2) is 53.2 Å². The van der Waals surface area contributed by atoms with Crippen LogP contribution in [0.15, 0.2) is 24.3 Å². The highest BCUT2D eigenvalue weighted by atomic mass is 19.1. The monoisotopic (exact) mass is 413 g/mol. The third-order valence-electron chi connectivity index (χ3n) is 3.81. The Balaban J connectivity index is 2.76. The topological polar surface area (TPSA) is 122 Å². The van der Waals surface area contributed by atoms with Crippen LogP contribution in [0.2, 0.25) is 0 Å². The predicted molar refractivity (Wildman–Crippen MR) is 103 cm³/mol. The van der Waals surface area contributed by atoms with Gasteiger partial charge in [0.15, 0.2) is 0 Å². The number of alkyl halides is 1. The van der Waals surface area contributed by atoms with Crippen LogP contribution in [-0.2, 0) is 20.7 Å². The van der Waals surface area contributed by atoms with Gasteiger partial charge in [0.05, 0.1) is 19.2 Å². The first-order chi connectivity index (χ1) is 13.5. The summed E-state index contributed by atoms with van der Waals surface area (Å²) in [5.74, 6) is -3.03. The van der Waals surface area contributed by atoms with Crippen molar-refractivity contribution in [3.63, 3.8) is 0 Å². The first kappa shape index (κ1) is 24.2. The molecule has 1 amide bonds. The molecule has 0 aliphatic heterocycles. The molecule has 3 N–H and O–H groups in total. The molecule has 0 saturated carbocycles. The third kappa shape index (κ3) is 9.77. The minimum atomic E-state index is -1.41. The maximum absolute atomic E-state index is 12.1. The molecule has 0 aliphatic carbocycles. The zero-order chi connectivity index (χ0) is 22.0. The molecule has 162 valence electrons. The van der Waals surface area contributed by atoms with Gasteiger partial charge in [-0.25, -0.2) is 9.59 Å². The Bertz CT molecular complexity index is 685. The predicted octanol–water partition coefficient (Wildman–Crippen LogP) is 3.04. The Kier molecular flexibility index (Phi) is 9.37. The van der Waals surface area contributed by atoms with Crippen LogP contribution in [0, 0.1) is 5.92 Å². The second-order valence-electron chi connectivity index (χ2n) is 7.55. The lowest BCUT2D eigenvalue weighted by atomic mass is 9.92. The van der Waals surface area contributed by atoms with Crippen LogP contribution >= 0.6 is 0 Å². The van der Waals surface area contributed by atoms with Crippen LogP contribution in [0.25, 0.3) is 0 Å². The molecule has 0 saturated heterocycles. The van der Waals surface area contributed by atoms with Crippen LogP contribution in [0.5, 0.6) is 5.75 Å². The number of hydrogen-bond acceptors (Lipinski definition) is 5. The van der Waals surface area contributed by atoms with Crippen molar-refractivity contribution in [1.29, 1.82) is 0 Å². The summed E-state index contributed by atoms with van der Waals surface area (Å²) in [5, 5.41) is 21.0. The molecular weight excluding hydrogens is 385 g/mol. The van der Waals surface area contributed by atoms with Gasteiger partial charge in [0.2, 0.25) is 0 Å². The quantitative estimate of drug-likeness (QED) is 0.477. The average Bonchev–Trinajstić information content (AvgIpc) is 2.60. The summed E-state index contributed by atoms with van der Waals surface area (Å²) in [6, 6.07) is 5.20. The highest BCUT2D eigenvalue weighted by Gasteiger charge is 2.30. The maximum Gasteiger partial charge on any atom is 0.408 e. The molecule has 1 aromatic rings. The van der Waals surface area contributed by atoms with Gasteiger partial charge in [-0.2, -0.15) is 0 Å². The number of benzene rings is 1. The summed E-state index contributed by atoms with van der Waals surface area (Å²) in [6.45, 7) is 4.67. The largest absolute Gasteiger partial charge is 0.494 e. The first-order valence-electron chi connectivity index (χ1n) is 9.24. The molecule has 0 spiro atoms. The number of aliphatic carboxylic acids is 2.